The van der Waals surface area contributed by atoms with Gasteiger partial charge in [-0.15, -0.1) is 0 Å². The summed E-state index contributed by atoms with van der Waals surface area (Å²) in [4.78, 5) is 77.0. The first-order valence-corrected chi connectivity index (χ1v) is 20.9. The minimum atomic E-state index is -1.42. The predicted octanol–water partition coefficient (Wildman–Crippen LogP) is 4.84. The molecular weight excluding hydrogens is 813 g/mol. The van der Waals surface area contributed by atoms with Gasteiger partial charge in [-0.3, -0.25) is 14.4 Å². The minimum Gasteiger partial charge on any atom is -0.462 e. The molecule has 2 aliphatic heterocycles. The zero-order valence-electron chi connectivity index (χ0n) is 36.0. The van der Waals surface area contributed by atoms with Crippen LogP contribution in [0, 0.1) is 5.41 Å². The Labute approximate surface area is 366 Å². The number of hydrogen-bond donors (Lipinski definition) is 3. The van der Waals surface area contributed by atoms with Gasteiger partial charge in [0, 0.05) is 54.0 Å². The number of fused-ring (bicyclic) bond motifs is 1. The van der Waals surface area contributed by atoms with E-state index < -0.39 is 83.0 Å². The van der Waals surface area contributed by atoms with Gasteiger partial charge in [0.15, 0.2) is 0 Å². The summed E-state index contributed by atoms with van der Waals surface area (Å²) in [6.45, 7) is 8.50. The Hall–Kier alpha value is -6.16. The molecule has 6 rings (SSSR count). The zero-order valence-corrected chi connectivity index (χ0v) is 36.0. The minimum absolute atomic E-state index is 0.00456. The molecule has 1 aliphatic carbocycles. The van der Waals surface area contributed by atoms with Crippen molar-refractivity contribution in [3.63, 3.8) is 0 Å². The lowest BCUT2D eigenvalue weighted by atomic mass is 9.90. The summed E-state index contributed by atoms with van der Waals surface area (Å²) in [7, 11) is 0. The van der Waals surface area contributed by atoms with Gasteiger partial charge in [-0.25, -0.2) is 14.4 Å². The number of cyclic esters (lactones) is 1. The number of hydrogen-bond acceptors (Lipinski definition) is 13. The molecule has 3 N–H and O–H groups in total. The van der Waals surface area contributed by atoms with E-state index in [4.69, 9.17) is 28.4 Å². The number of carbonyl (C=O) groups excluding carboxylic acids is 6. The van der Waals surface area contributed by atoms with E-state index in [1.54, 1.807) is 52.8 Å². The largest absolute Gasteiger partial charge is 0.462 e. The number of carbonyl (C=O) groups is 6. The molecular formula is C48H54N2O13. The highest BCUT2D eigenvalue weighted by molar-refractivity contribution is 5.95. The summed E-state index contributed by atoms with van der Waals surface area (Å²) < 4.78 is 35.4. The normalized spacial score (nSPS) is 21.6. The molecule has 3 aliphatic rings. The molecule has 0 saturated carbocycles. The lowest BCUT2D eigenvalue weighted by Gasteiger charge is -2.31. The number of benzene rings is 3. The Morgan fingerprint density at radius 2 is 1.54 bits per heavy atom. The highest BCUT2D eigenvalue weighted by atomic mass is 16.8. The van der Waals surface area contributed by atoms with Gasteiger partial charge in [-0.05, 0) is 57.0 Å². The Kier molecular flexibility index (Phi) is 14.6. The van der Waals surface area contributed by atoms with Crippen LogP contribution < -0.4 is 10.6 Å². The van der Waals surface area contributed by atoms with Gasteiger partial charge >= 0.3 is 23.9 Å². The number of rotatable bonds is 16. The summed E-state index contributed by atoms with van der Waals surface area (Å²) >= 11 is 0. The molecule has 0 radical (unpaired) electrons. The summed E-state index contributed by atoms with van der Waals surface area (Å²) in [6, 6.07) is 24.2. The van der Waals surface area contributed by atoms with Crippen molar-refractivity contribution in [2.45, 2.75) is 102 Å². The highest BCUT2D eigenvalue weighted by Crippen LogP contribution is 2.47. The van der Waals surface area contributed by atoms with Crippen LogP contribution in [0.25, 0.3) is 6.08 Å². The van der Waals surface area contributed by atoms with Crippen LogP contribution in [0.1, 0.15) is 87.4 Å². The van der Waals surface area contributed by atoms with Gasteiger partial charge in [-0.2, -0.15) is 0 Å². The molecule has 5 atom stereocenters. The second-order valence-electron chi connectivity index (χ2n) is 17.3. The molecule has 334 valence electrons. The zero-order chi connectivity index (χ0) is 45.4. The van der Waals surface area contributed by atoms with E-state index in [1.807, 2.05) is 60.7 Å². The van der Waals surface area contributed by atoms with Crippen LogP contribution in [0.4, 0.5) is 0 Å². The molecule has 3 aromatic carbocycles. The molecule has 2 amide bonds. The molecule has 2 saturated heterocycles. The molecule has 0 bridgehead atoms. The number of aliphatic hydroxyl groups is 1. The van der Waals surface area contributed by atoms with Crippen LogP contribution in [-0.2, 0) is 58.2 Å². The van der Waals surface area contributed by atoms with Crippen LogP contribution in [0.5, 0.6) is 0 Å². The quantitative estimate of drug-likeness (QED) is 0.100. The first kappa shape index (κ1) is 46.3. The molecule has 0 aromatic heterocycles. The first-order chi connectivity index (χ1) is 30.0. The van der Waals surface area contributed by atoms with Crippen LogP contribution in [0.2, 0.25) is 0 Å². The van der Waals surface area contributed by atoms with Gasteiger partial charge in [0.1, 0.15) is 30.5 Å². The van der Waals surface area contributed by atoms with E-state index in [0.717, 1.165) is 0 Å². The molecule has 63 heavy (non-hydrogen) atoms. The van der Waals surface area contributed by atoms with Gasteiger partial charge < -0.3 is 44.2 Å². The van der Waals surface area contributed by atoms with E-state index >= 15 is 0 Å². The maximum absolute atomic E-state index is 13.8. The fourth-order valence-electron chi connectivity index (χ4n) is 7.38. The van der Waals surface area contributed by atoms with E-state index in [1.165, 1.54) is 24.3 Å². The molecule has 2 fully saturated rings. The van der Waals surface area contributed by atoms with Crippen LogP contribution in [0.3, 0.4) is 0 Å². The molecule has 3 aromatic rings. The number of ether oxygens (including phenoxy) is 6. The van der Waals surface area contributed by atoms with Crippen LogP contribution in [0.15, 0.2) is 103 Å². The van der Waals surface area contributed by atoms with E-state index in [2.05, 4.69) is 10.6 Å². The van der Waals surface area contributed by atoms with Gasteiger partial charge in [-0.1, -0.05) is 86.6 Å². The van der Waals surface area contributed by atoms with Gasteiger partial charge in [0.05, 0.1) is 18.2 Å². The Balaban J connectivity index is 1.14. The standard InChI is InChI=1S/C48H54N2O13/c1-46(2,3)62-40(54)23-21-35(28-51)50-38(52)24-25-49-43(55)32-26-36(41-37(27-32)61-48(63-41,33-12-8-6-9-13-33)34-14-10-7-11-15-34)59-44(56)31-19-16-30(17-20-31)18-22-39(53)60-42-45(57)58-29-47(42,4)5/h6-20,22,27,35-37,41-42,51H,21,23-26,28-29H2,1-5H3,(H,49,55)(H,50,52)/t35-,36+,37+,41-,42-/m0/s1. The topological polar surface area (TPSA) is 202 Å². The summed E-state index contributed by atoms with van der Waals surface area (Å²) in [5.41, 5.74) is 1.08. The fourth-order valence-corrected chi connectivity index (χ4v) is 7.38. The van der Waals surface area contributed by atoms with Gasteiger partial charge in [0.2, 0.25) is 23.7 Å². The van der Waals surface area contributed by atoms with Crippen molar-refractivity contribution < 1.29 is 62.3 Å². The van der Waals surface area contributed by atoms with E-state index in [9.17, 15) is 33.9 Å². The Morgan fingerprint density at radius 1 is 0.889 bits per heavy atom. The van der Waals surface area contributed by atoms with Crippen molar-refractivity contribution >= 4 is 41.8 Å². The maximum Gasteiger partial charge on any atom is 0.348 e. The van der Waals surface area contributed by atoms with Crippen LogP contribution in [-0.4, -0.2) is 96.6 Å². The Morgan fingerprint density at radius 3 is 2.13 bits per heavy atom. The fraction of sp³-hybridized carbons (Fsp3) is 0.417. The monoisotopic (exact) mass is 866 g/mol. The third kappa shape index (κ3) is 11.9. The van der Waals surface area contributed by atoms with Crippen molar-refractivity contribution in [1.82, 2.24) is 10.6 Å². The number of nitrogens with one attached hydrogen (secondary N) is 2. The summed E-state index contributed by atoms with van der Waals surface area (Å²) in [5.74, 6) is -4.82. The smallest absolute Gasteiger partial charge is 0.348 e. The van der Waals surface area contributed by atoms with Crippen molar-refractivity contribution in [1.29, 1.82) is 0 Å². The van der Waals surface area contributed by atoms with Crippen molar-refractivity contribution in [3.8, 4) is 0 Å². The Bertz CT molecular complexity index is 2160. The average molecular weight is 867 g/mol. The maximum atomic E-state index is 13.8. The number of amides is 2. The third-order valence-electron chi connectivity index (χ3n) is 10.6. The highest BCUT2D eigenvalue weighted by Gasteiger charge is 2.55. The van der Waals surface area contributed by atoms with Gasteiger partial charge in [0.25, 0.3) is 0 Å². The predicted molar refractivity (Wildman–Crippen MR) is 227 cm³/mol. The lowest BCUT2D eigenvalue weighted by Crippen LogP contribution is -2.44. The van der Waals surface area contributed by atoms with Crippen molar-refractivity contribution in [2.75, 3.05) is 19.8 Å². The van der Waals surface area contributed by atoms with Crippen LogP contribution >= 0.6 is 0 Å². The molecule has 0 unspecified atom stereocenters. The van der Waals surface area contributed by atoms with Crippen molar-refractivity contribution in [3.05, 3.63) is 125 Å². The third-order valence-corrected chi connectivity index (χ3v) is 10.6. The van der Waals surface area contributed by atoms with E-state index in [0.29, 0.717) is 16.7 Å². The second-order valence-corrected chi connectivity index (χ2v) is 17.3. The number of esters is 4. The van der Waals surface area contributed by atoms with Crippen molar-refractivity contribution in [2.24, 2.45) is 5.41 Å². The molecule has 15 nitrogen and oxygen atoms in total. The van der Waals surface area contributed by atoms with E-state index in [-0.39, 0.29) is 56.6 Å². The summed E-state index contributed by atoms with van der Waals surface area (Å²) in [6.07, 6.45) is 0.641. The first-order valence-electron chi connectivity index (χ1n) is 20.9. The molecule has 2 heterocycles. The number of aliphatic hydroxyl groups excluding tert-OH is 1. The second kappa shape index (κ2) is 19.9. The SMILES string of the molecule is CC(C)(C)OC(=O)CC[C@@H](CO)NC(=O)CCNC(=O)C1=C[C@H]2OC(c3ccccc3)(c3ccccc3)O[C@H]2[C@H](OC(=O)c2ccc(C=CC(=O)O[C@H]3C(=O)OCC3(C)C)cc2)C1. The average Bonchev–Trinajstić information content (AvgIpc) is 3.78. The lowest BCUT2D eigenvalue weighted by molar-refractivity contribution is -0.159. The summed E-state index contributed by atoms with van der Waals surface area (Å²) in [5, 5.41) is 15.3. The molecule has 0 spiro atoms. The molecule has 15 heteroatoms.